The Hall–Kier alpha value is -2.61. The quantitative estimate of drug-likeness (QED) is 0.651. The van der Waals surface area contributed by atoms with Crippen LogP contribution in [-0.2, 0) is 11.2 Å². The molecule has 1 amide bonds. The molecule has 2 heterocycles. The lowest BCUT2D eigenvalue weighted by molar-refractivity contribution is -0.118. The molecular formula is C17H16FN3O3S. The van der Waals surface area contributed by atoms with Crippen LogP contribution < -0.4 is 5.32 Å². The summed E-state index contributed by atoms with van der Waals surface area (Å²) in [5.41, 5.74) is 1.31. The van der Waals surface area contributed by atoms with Gasteiger partial charge in [0.2, 0.25) is 5.91 Å². The van der Waals surface area contributed by atoms with Crippen molar-refractivity contribution in [2.24, 2.45) is 0 Å². The molecule has 0 spiro atoms. The Morgan fingerprint density at radius 2 is 2.12 bits per heavy atom. The van der Waals surface area contributed by atoms with Crippen LogP contribution in [0.4, 0.5) is 4.39 Å². The lowest BCUT2D eigenvalue weighted by atomic mass is 10.1. The number of hydrogen-bond donors (Lipinski definition) is 1. The first-order valence-electron chi connectivity index (χ1n) is 7.64. The molecule has 0 aliphatic heterocycles. The van der Waals surface area contributed by atoms with Crippen molar-refractivity contribution in [3.8, 4) is 11.5 Å². The number of halogens is 1. The van der Waals surface area contributed by atoms with Crippen molar-refractivity contribution in [2.45, 2.75) is 18.6 Å². The molecule has 0 aliphatic carbocycles. The zero-order valence-electron chi connectivity index (χ0n) is 13.5. The van der Waals surface area contributed by atoms with Gasteiger partial charge in [0.05, 0.1) is 17.6 Å². The Balaban J connectivity index is 1.44. The molecule has 0 unspecified atom stereocenters. The van der Waals surface area contributed by atoms with Crippen LogP contribution in [0.3, 0.4) is 0 Å². The zero-order chi connectivity index (χ0) is 17.6. The van der Waals surface area contributed by atoms with Crippen molar-refractivity contribution in [1.29, 1.82) is 0 Å². The number of nitrogens with one attached hydrogen (secondary N) is 1. The van der Waals surface area contributed by atoms with Crippen molar-refractivity contribution >= 4 is 17.7 Å². The predicted molar refractivity (Wildman–Crippen MR) is 90.6 cm³/mol. The van der Waals surface area contributed by atoms with Gasteiger partial charge in [0.15, 0.2) is 0 Å². The van der Waals surface area contributed by atoms with E-state index in [4.69, 9.17) is 8.83 Å². The largest absolute Gasteiger partial charge is 0.469 e. The third-order valence-corrected chi connectivity index (χ3v) is 4.32. The number of thioether (sulfide) groups is 1. The van der Waals surface area contributed by atoms with Gasteiger partial charge in [-0.25, -0.2) is 4.39 Å². The average molecular weight is 361 g/mol. The number of furan rings is 1. The number of aromatic nitrogens is 2. The van der Waals surface area contributed by atoms with Gasteiger partial charge in [-0.3, -0.25) is 4.79 Å². The van der Waals surface area contributed by atoms with Gasteiger partial charge in [-0.15, -0.1) is 10.2 Å². The third kappa shape index (κ3) is 4.48. The number of rotatable bonds is 7. The van der Waals surface area contributed by atoms with Crippen LogP contribution >= 0.6 is 11.8 Å². The van der Waals surface area contributed by atoms with Gasteiger partial charge < -0.3 is 14.2 Å². The lowest BCUT2D eigenvalue weighted by Crippen LogP contribution is -2.27. The second kappa shape index (κ2) is 7.98. The van der Waals surface area contributed by atoms with Crippen LogP contribution in [0.25, 0.3) is 11.5 Å². The molecule has 2 aromatic heterocycles. The highest BCUT2D eigenvalue weighted by atomic mass is 32.2. The van der Waals surface area contributed by atoms with Gasteiger partial charge in [-0.05, 0) is 31.0 Å². The highest BCUT2D eigenvalue weighted by Gasteiger charge is 2.14. The summed E-state index contributed by atoms with van der Waals surface area (Å²) in [7, 11) is 0. The number of carbonyl (C=O) groups is 1. The van der Waals surface area contributed by atoms with E-state index < -0.39 is 0 Å². The molecule has 1 N–H and O–H groups in total. The van der Waals surface area contributed by atoms with Gasteiger partial charge in [-0.1, -0.05) is 30.0 Å². The number of amides is 1. The topological polar surface area (TPSA) is 81.2 Å². The van der Waals surface area contributed by atoms with Gasteiger partial charge in [0.25, 0.3) is 11.1 Å². The monoisotopic (exact) mass is 361 g/mol. The average Bonchev–Trinajstić information content (AvgIpc) is 3.23. The van der Waals surface area contributed by atoms with E-state index in [0.29, 0.717) is 35.4 Å². The Labute approximate surface area is 147 Å². The minimum absolute atomic E-state index is 0.142. The Bertz CT molecular complexity index is 862. The van der Waals surface area contributed by atoms with E-state index in [-0.39, 0.29) is 17.5 Å². The molecule has 1 aromatic carbocycles. The number of carbonyl (C=O) groups excluding carboxylic acids is 1. The summed E-state index contributed by atoms with van der Waals surface area (Å²) in [5, 5.41) is 10.9. The standard InChI is InChI=1S/C17H16FN3O3S/c1-11-13(7-9-23-11)16-20-21-17(24-16)25-10-15(22)19-8-6-12-4-2-3-5-14(12)18/h2-5,7,9H,6,8,10H2,1H3,(H,19,22). The summed E-state index contributed by atoms with van der Waals surface area (Å²) in [5.74, 6) is 0.739. The zero-order valence-corrected chi connectivity index (χ0v) is 14.3. The summed E-state index contributed by atoms with van der Waals surface area (Å²) >= 11 is 1.14. The predicted octanol–water partition coefficient (Wildman–Crippen LogP) is 3.23. The first-order valence-corrected chi connectivity index (χ1v) is 8.63. The molecule has 0 fully saturated rings. The maximum atomic E-state index is 13.5. The highest BCUT2D eigenvalue weighted by Crippen LogP contribution is 2.26. The minimum atomic E-state index is -0.265. The molecule has 25 heavy (non-hydrogen) atoms. The molecule has 0 bridgehead atoms. The Kier molecular flexibility index (Phi) is 5.49. The van der Waals surface area contributed by atoms with Crippen molar-refractivity contribution < 1.29 is 18.0 Å². The minimum Gasteiger partial charge on any atom is -0.469 e. The van der Waals surface area contributed by atoms with Gasteiger partial charge in [0.1, 0.15) is 11.6 Å². The molecule has 0 aliphatic rings. The smallest absolute Gasteiger partial charge is 0.277 e. The van der Waals surface area contributed by atoms with E-state index in [2.05, 4.69) is 15.5 Å². The molecule has 0 atom stereocenters. The van der Waals surface area contributed by atoms with E-state index in [0.717, 1.165) is 17.3 Å². The lowest BCUT2D eigenvalue weighted by Gasteiger charge is -2.05. The third-order valence-electron chi connectivity index (χ3n) is 3.50. The van der Waals surface area contributed by atoms with E-state index in [1.165, 1.54) is 6.07 Å². The summed E-state index contributed by atoms with van der Waals surface area (Å²) < 4.78 is 24.2. The molecule has 3 rings (SSSR count). The van der Waals surface area contributed by atoms with Crippen LogP contribution in [-0.4, -0.2) is 28.4 Å². The van der Waals surface area contributed by atoms with Crippen LogP contribution in [0.2, 0.25) is 0 Å². The fourth-order valence-electron chi connectivity index (χ4n) is 2.20. The Morgan fingerprint density at radius 3 is 2.88 bits per heavy atom. The fourth-order valence-corrected chi connectivity index (χ4v) is 2.79. The van der Waals surface area contributed by atoms with Gasteiger partial charge >= 0.3 is 0 Å². The first-order chi connectivity index (χ1) is 12.1. The summed E-state index contributed by atoms with van der Waals surface area (Å²) in [6, 6.07) is 8.26. The Morgan fingerprint density at radius 1 is 1.28 bits per heavy atom. The highest BCUT2D eigenvalue weighted by molar-refractivity contribution is 7.99. The summed E-state index contributed by atoms with van der Waals surface area (Å²) in [6.45, 7) is 2.17. The molecule has 0 saturated heterocycles. The van der Waals surface area contributed by atoms with Crippen LogP contribution in [0.1, 0.15) is 11.3 Å². The van der Waals surface area contributed by atoms with Crippen molar-refractivity contribution in [3.05, 3.63) is 53.7 Å². The van der Waals surface area contributed by atoms with Crippen LogP contribution in [0.15, 0.2) is 50.7 Å². The normalized spacial score (nSPS) is 10.8. The van der Waals surface area contributed by atoms with Crippen molar-refractivity contribution in [2.75, 3.05) is 12.3 Å². The SMILES string of the molecule is Cc1occc1-c1nnc(SCC(=O)NCCc2ccccc2F)o1. The molecule has 0 radical (unpaired) electrons. The summed E-state index contributed by atoms with van der Waals surface area (Å²) in [4.78, 5) is 11.9. The van der Waals surface area contributed by atoms with Crippen molar-refractivity contribution in [3.63, 3.8) is 0 Å². The maximum absolute atomic E-state index is 13.5. The van der Waals surface area contributed by atoms with Crippen molar-refractivity contribution in [1.82, 2.24) is 15.5 Å². The molecule has 3 aromatic rings. The second-order valence-corrected chi connectivity index (χ2v) is 6.17. The molecule has 6 nitrogen and oxygen atoms in total. The van der Waals surface area contributed by atoms with Crippen LogP contribution in [0.5, 0.6) is 0 Å². The van der Waals surface area contributed by atoms with E-state index in [1.54, 1.807) is 37.5 Å². The second-order valence-electron chi connectivity index (χ2n) is 5.24. The van der Waals surface area contributed by atoms with E-state index in [1.807, 2.05) is 0 Å². The van der Waals surface area contributed by atoms with Crippen LogP contribution in [0, 0.1) is 12.7 Å². The summed E-state index contributed by atoms with van der Waals surface area (Å²) in [6.07, 6.45) is 1.98. The number of aryl methyl sites for hydroxylation is 1. The number of benzene rings is 1. The number of nitrogens with zero attached hydrogens (tertiary/aromatic N) is 2. The number of hydrogen-bond acceptors (Lipinski definition) is 6. The fraction of sp³-hybridized carbons (Fsp3) is 0.235. The van der Waals surface area contributed by atoms with E-state index in [9.17, 15) is 9.18 Å². The first kappa shape index (κ1) is 17.2. The van der Waals surface area contributed by atoms with Gasteiger partial charge in [-0.2, -0.15) is 0 Å². The molecule has 0 saturated carbocycles. The molecule has 130 valence electrons. The van der Waals surface area contributed by atoms with E-state index >= 15 is 0 Å². The molecule has 8 heteroatoms. The van der Waals surface area contributed by atoms with Gasteiger partial charge in [0, 0.05) is 6.54 Å². The molecular weight excluding hydrogens is 345 g/mol. The maximum Gasteiger partial charge on any atom is 0.277 e.